The molecule has 0 amide bonds. The van der Waals surface area contributed by atoms with Gasteiger partial charge in [-0.1, -0.05) is 318 Å². The maximum Gasteiger partial charge on any atom is 0.0569 e. The zero-order valence-corrected chi connectivity index (χ0v) is 64.9. The van der Waals surface area contributed by atoms with Crippen LogP contribution >= 0.6 is 0 Å². The molecular weight excluding hydrogens is 1300 g/mol. The van der Waals surface area contributed by atoms with Crippen molar-refractivity contribution in [2.24, 2.45) is 23.7 Å². The van der Waals surface area contributed by atoms with Crippen LogP contribution in [0.4, 0.5) is 34.1 Å². The number of hydrogen-bond acceptors (Lipinski definition) is 2. The van der Waals surface area contributed by atoms with Gasteiger partial charge in [-0.15, -0.1) is 0 Å². The second-order valence-electron chi connectivity index (χ2n) is 32.5. The molecule has 4 fully saturated rings. The van der Waals surface area contributed by atoms with Gasteiger partial charge in [0.25, 0.3) is 0 Å². The molecule has 0 saturated heterocycles. The SMILES string of the molecule is Cc1ccc(/C(=C\c2ccc(N(c3ccc(/C=C(\c4ccc(C)cc4)C4CCCCC4)cc3)c3c(C)cc(-c4cc(C)c(N(c5ccc(/C=C(\c6ccc(C)cc6)C6CCCCC6)cc5)c5ccc(/C=C(\c6ccc(C)cc6)C6CCCCC6)cc5)c5ccccc45)c4ccccc34)cc2)C2CCCCC2)cc1. The van der Waals surface area contributed by atoms with E-state index in [1.54, 1.807) is 0 Å². The standard InChI is InChI=1S/C106H108N2/c1-73-35-51-87(52-36-73)99(83-23-11-7-12-24-83)69-79-43-59-91(60-44-79)107(92-61-45-80(46-62-92)70-100(84-25-13-8-14-26-84)88-53-37-74(2)38-54-88)105-77(5)67-103(95-31-19-21-33-97(95)105)104-68-78(6)106(98-34-22-20-32-96(98)104)108(93-63-47-81(48-64-93)71-101(85-27-15-9-16-28-85)89-55-39-75(3)40-56-89)94-65-49-82(50-66-94)72-102(86-29-17-10-18-30-86)90-57-41-76(4)42-58-90/h19-22,31-72,83-86H,7-18,23-30H2,1-6H3/b99-69-,100-70-,101-71-,102-72-. The minimum Gasteiger partial charge on any atom is -0.310 e. The van der Waals surface area contributed by atoms with Crippen LogP contribution in [-0.4, -0.2) is 0 Å². The molecule has 0 unspecified atom stereocenters. The van der Waals surface area contributed by atoms with Crippen molar-refractivity contribution in [3.05, 3.63) is 333 Å². The van der Waals surface area contributed by atoms with E-state index in [2.05, 4.69) is 330 Å². The maximum absolute atomic E-state index is 2.55. The monoisotopic (exact) mass is 1410 g/mol. The van der Waals surface area contributed by atoms with E-state index in [0.29, 0.717) is 23.7 Å². The predicted molar refractivity (Wildman–Crippen MR) is 468 cm³/mol. The number of rotatable bonds is 19. The van der Waals surface area contributed by atoms with Crippen molar-refractivity contribution in [2.45, 2.75) is 170 Å². The highest BCUT2D eigenvalue weighted by Crippen LogP contribution is 2.51. The molecule has 12 aromatic rings. The summed E-state index contributed by atoms with van der Waals surface area (Å²) in [5.41, 5.74) is 33.3. The van der Waals surface area contributed by atoms with E-state index in [9.17, 15) is 0 Å². The van der Waals surface area contributed by atoms with Crippen LogP contribution in [0.5, 0.6) is 0 Å². The Bertz CT molecular complexity index is 4640. The molecule has 0 aromatic heterocycles. The van der Waals surface area contributed by atoms with Crippen molar-refractivity contribution in [1.29, 1.82) is 0 Å². The van der Waals surface area contributed by atoms with E-state index >= 15 is 0 Å². The molecule has 0 heterocycles. The van der Waals surface area contributed by atoms with Crippen LogP contribution in [0.1, 0.15) is 206 Å². The van der Waals surface area contributed by atoms with Gasteiger partial charge in [0.05, 0.1) is 11.4 Å². The van der Waals surface area contributed by atoms with E-state index in [1.165, 1.54) is 273 Å². The second kappa shape index (κ2) is 33.1. The van der Waals surface area contributed by atoms with Gasteiger partial charge in [0.2, 0.25) is 0 Å². The van der Waals surface area contributed by atoms with Gasteiger partial charge in [-0.25, -0.2) is 0 Å². The summed E-state index contributed by atoms with van der Waals surface area (Å²) in [6.45, 7) is 13.5. The molecule has 108 heavy (non-hydrogen) atoms. The quantitative estimate of drug-likeness (QED) is 0.0745. The maximum atomic E-state index is 2.55. The van der Waals surface area contributed by atoms with E-state index < -0.39 is 0 Å². The van der Waals surface area contributed by atoms with Gasteiger partial charge in [-0.3, -0.25) is 0 Å². The number of fused-ring (bicyclic) bond motifs is 2. The third kappa shape index (κ3) is 16.0. The normalized spacial score (nSPS) is 16.3. The highest BCUT2D eigenvalue weighted by molar-refractivity contribution is 6.14. The van der Waals surface area contributed by atoms with Gasteiger partial charge < -0.3 is 9.80 Å². The Morgan fingerprint density at radius 2 is 0.454 bits per heavy atom. The summed E-state index contributed by atoms with van der Waals surface area (Å²) in [7, 11) is 0. The van der Waals surface area contributed by atoms with Gasteiger partial charge in [-0.05, 0) is 277 Å². The predicted octanol–water partition coefficient (Wildman–Crippen LogP) is 30.9. The van der Waals surface area contributed by atoms with E-state index in [0.717, 1.165) is 22.7 Å². The van der Waals surface area contributed by atoms with Gasteiger partial charge in [0.15, 0.2) is 0 Å². The molecule has 2 heteroatoms. The van der Waals surface area contributed by atoms with Crippen molar-refractivity contribution in [3.63, 3.8) is 0 Å². The molecule has 0 radical (unpaired) electrons. The van der Waals surface area contributed by atoms with Crippen molar-refractivity contribution >= 4 is 102 Å². The topological polar surface area (TPSA) is 6.48 Å². The number of allylic oxidation sites excluding steroid dienone is 4. The first kappa shape index (κ1) is 71.9. The van der Waals surface area contributed by atoms with Gasteiger partial charge in [0.1, 0.15) is 0 Å². The third-order valence-electron chi connectivity index (χ3n) is 24.8. The van der Waals surface area contributed by atoms with Crippen molar-refractivity contribution in [2.75, 3.05) is 9.80 Å². The number of aryl methyl sites for hydroxylation is 6. The van der Waals surface area contributed by atoms with Gasteiger partial charge in [-0.2, -0.15) is 0 Å². The Hall–Kier alpha value is -10.3. The Labute approximate surface area is 645 Å². The fourth-order valence-corrected chi connectivity index (χ4v) is 18.8. The first-order valence-electron chi connectivity index (χ1n) is 41.2. The fraction of sp³-hybridized carbons (Fsp3) is 0.283. The highest BCUT2D eigenvalue weighted by atomic mass is 15.2. The minimum atomic E-state index is 0.558. The van der Waals surface area contributed by atoms with Crippen molar-refractivity contribution in [3.8, 4) is 11.1 Å². The Kier molecular flexibility index (Phi) is 22.0. The highest BCUT2D eigenvalue weighted by Gasteiger charge is 2.28. The van der Waals surface area contributed by atoms with Crippen molar-refractivity contribution in [1.82, 2.24) is 0 Å². The Morgan fingerprint density at radius 1 is 0.241 bits per heavy atom. The lowest BCUT2D eigenvalue weighted by molar-refractivity contribution is 0.430. The summed E-state index contributed by atoms with van der Waals surface area (Å²) in [5, 5.41) is 4.89. The number of nitrogens with zero attached hydrogens (tertiary/aromatic N) is 2. The zero-order chi connectivity index (χ0) is 73.5. The number of anilines is 6. The lowest BCUT2D eigenvalue weighted by atomic mass is 9.80. The molecule has 0 N–H and O–H groups in total. The van der Waals surface area contributed by atoms with Crippen LogP contribution in [0.15, 0.2) is 255 Å². The lowest BCUT2D eigenvalue weighted by Crippen LogP contribution is -2.13. The minimum absolute atomic E-state index is 0.558. The summed E-state index contributed by atoms with van der Waals surface area (Å²) in [4.78, 5) is 5.11. The Morgan fingerprint density at radius 3 is 0.676 bits per heavy atom. The first-order chi connectivity index (χ1) is 53.0. The summed E-state index contributed by atoms with van der Waals surface area (Å²) >= 11 is 0. The van der Waals surface area contributed by atoms with E-state index in [4.69, 9.17) is 0 Å². The summed E-state index contributed by atoms with van der Waals surface area (Å²) in [6.07, 6.45) is 35.7. The second-order valence-corrected chi connectivity index (χ2v) is 32.5. The van der Waals surface area contributed by atoms with Gasteiger partial charge in [0, 0.05) is 33.5 Å². The molecule has 0 aliphatic heterocycles. The van der Waals surface area contributed by atoms with Crippen LogP contribution in [-0.2, 0) is 0 Å². The zero-order valence-electron chi connectivity index (χ0n) is 64.9. The van der Waals surface area contributed by atoms with Crippen molar-refractivity contribution < 1.29 is 0 Å². The number of benzene rings is 12. The molecule has 542 valence electrons. The molecular formula is C106H108N2. The molecule has 0 atom stereocenters. The smallest absolute Gasteiger partial charge is 0.0569 e. The Balaban J connectivity index is 0.823. The third-order valence-corrected chi connectivity index (χ3v) is 24.8. The lowest BCUT2D eigenvalue weighted by Gasteiger charge is -2.31. The molecule has 12 aromatic carbocycles. The van der Waals surface area contributed by atoms with Crippen LogP contribution < -0.4 is 9.80 Å². The van der Waals surface area contributed by atoms with Crippen LogP contribution in [0, 0.1) is 65.2 Å². The first-order valence-corrected chi connectivity index (χ1v) is 41.2. The van der Waals surface area contributed by atoms with E-state index in [1.807, 2.05) is 0 Å². The molecule has 4 saturated carbocycles. The van der Waals surface area contributed by atoms with E-state index in [-0.39, 0.29) is 0 Å². The summed E-state index contributed by atoms with van der Waals surface area (Å²) < 4.78 is 0. The fourth-order valence-electron chi connectivity index (χ4n) is 18.8. The van der Waals surface area contributed by atoms with Crippen LogP contribution in [0.25, 0.3) is 79.3 Å². The van der Waals surface area contributed by atoms with Gasteiger partial charge >= 0.3 is 0 Å². The molecule has 0 spiro atoms. The number of hydrogen-bond donors (Lipinski definition) is 0. The van der Waals surface area contributed by atoms with Crippen LogP contribution in [0.2, 0.25) is 0 Å². The average molecular weight is 1410 g/mol. The summed E-state index contributed by atoms with van der Waals surface area (Å²) in [5.74, 6) is 2.23. The molecule has 16 rings (SSSR count). The average Bonchev–Trinajstić information content (AvgIpc) is 0.732. The van der Waals surface area contributed by atoms with Crippen LogP contribution in [0.3, 0.4) is 0 Å². The largest absolute Gasteiger partial charge is 0.310 e. The molecule has 4 aliphatic carbocycles. The summed E-state index contributed by atoms with van der Waals surface area (Å²) in [6, 6.07) is 98.6. The molecule has 4 aliphatic rings. The molecule has 2 nitrogen and oxygen atoms in total. The molecule has 0 bridgehead atoms.